The first-order valence-electron chi connectivity index (χ1n) is 5.32. The summed E-state index contributed by atoms with van der Waals surface area (Å²) in [6, 6.07) is 0. The van der Waals surface area contributed by atoms with Gasteiger partial charge in [-0.05, 0) is 25.7 Å². The molecule has 92 valence electrons. The zero-order valence-electron chi connectivity index (χ0n) is 10.4. The van der Waals surface area contributed by atoms with Gasteiger partial charge in [-0.2, -0.15) is 5.10 Å². The topological polar surface area (TPSA) is 60.6 Å². The van der Waals surface area contributed by atoms with Crippen LogP contribution in [-0.4, -0.2) is 31.6 Å². The summed E-state index contributed by atoms with van der Waals surface area (Å²) in [5.41, 5.74) is 2.26. The Kier molecular flexibility index (Phi) is 3.49. The van der Waals surface area contributed by atoms with Crippen LogP contribution < -0.4 is 5.32 Å². The van der Waals surface area contributed by atoms with Crippen molar-refractivity contribution in [2.45, 2.75) is 23.7 Å². The molecule has 0 bridgehead atoms. The van der Waals surface area contributed by atoms with Crippen LogP contribution in [-0.2, 0) is 20.6 Å². The fourth-order valence-corrected chi connectivity index (χ4v) is 2.61. The fourth-order valence-electron chi connectivity index (χ4n) is 1.64. The molecule has 17 heavy (non-hydrogen) atoms. The van der Waals surface area contributed by atoms with Gasteiger partial charge in [-0.15, -0.1) is 10.2 Å². The number of hydrogen-bond donors (Lipinski definition) is 1. The summed E-state index contributed by atoms with van der Waals surface area (Å²) in [5, 5.41) is 17.5. The molecule has 2 aromatic heterocycles. The third-order valence-corrected chi connectivity index (χ3v) is 3.76. The Morgan fingerprint density at radius 2 is 2.18 bits per heavy atom. The maximum Gasteiger partial charge on any atom is 0.197 e. The first kappa shape index (κ1) is 12.1. The van der Waals surface area contributed by atoms with Gasteiger partial charge < -0.3 is 9.88 Å². The monoisotopic (exact) mass is 252 g/mol. The van der Waals surface area contributed by atoms with Gasteiger partial charge in [0.2, 0.25) is 0 Å². The van der Waals surface area contributed by atoms with Gasteiger partial charge in [0, 0.05) is 26.2 Å². The van der Waals surface area contributed by atoms with Crippen LogP contribution in [0.1, 0.15) is 11.3 Å². The third kappa shape index (κ3) is 2.34. The Bertz CT molecular complexity index is 515. The lowest BCUT2D eigenvalue weighted by Crippen LogP contribution is -2.07. The zero-order chi connectivity index (χ0) is 12.4. The van der Waals surface area contributed by atoms with Crippen LogP contribution in [0, 0.1) is 6.92 Å². The number of rotatable bonds is 4. The molecular weight excluding hydrogens is 236 g/mol. The summed E-state index contributed by atoms with van der Waals surface area (Å²) in [7, 11) is 5.82. The van der Waals surface area contributed by atoms with Gasteiger partial charge in [-0.1, -0.05) is 0 Å². The van der Waals surface area contributed by atoms with Crippen molar-refractivity contribution in [3.05, 3.63) is 17.6 Å². The predicted octanol–water partition coefficient (Wildman–Crippen LogP) is 0.728. The van der Waals surface area contributed by atoms with E-state index in [0.29, 0.717) is 0 Å². The highest BCUT2D eigenvalue weighted by molar-refractivity contribution is 7.99. The molecule has 0 spiro atoms. The van der Waals surface area contributed by atoms with Gasteiger partial charge in [0.05, 0.1) is 5.69 Å². The summed E-state index contributed by atoms with van der Waals surface area (Å²) in [5.74, 6) is 0. The van der Waals surface area contributed by atoms with E-state index in [9.17, 15) is 0 Å². The number of aryl methyl sites for hydroxylation is 3. The van der Waals surface area contributed by atoms with Crippen LogP contribution in [0.3, 0.4) is 0 Å². The highest BCUT2D eigenvalue weighted by atomic mass is 32.2. The summed E-state index contributed by atoms with van der Waals surface area (Å²) in [6.07, 6.45) is 1.70. The summed E-state index contributed by atoms with van der Waals surface area (Å²) < 4.78 is 3.79. The van der Waals surface area contributed by atoms with Crippen LogP contribution >= 0.6 is 11.8 Å². The standard InChI is InChI=1S/C10H16N6S/c1-7-8(5-11-2)9(16(4)14-7)17-10-13-12-6-15(10)3/h6,11H,5H2,1-4H3. The SMILES string of the molecule is CNCc1c(C)nn(C)c1Sc1nncn1C. The Balaban J connectivity index is 2.35. The Morgan fingerprint density at radius 3 is 2.76 bits per heavy atom. The van der Waals surface area contributed by atoms with Crippen LogP contribution in [0.25, 0.3) is 0 Å². The fraction of sp³-hybridized carbons (Fsp3) is 0.500. The molecule has 0 aliphatic rings. The van der Waals surface area contributed by atoms with E-state index in [1.165, 1.54) is 5.56 Å². The number of nitrogens with zero attached hydrogens (tertiary/aromatic N) is 5. The molecule has 0 saturated heterocycles. The highest BCUT2D eigenvalue weighted by Gasteiger charge is 2.15. The van der Waals surface area contributed by atoms with E-state index >= 15 is 0 Å². The lowest BCUT2D eigenvalue weighted by Gasteiger charge is -2.05. The molecule has 0 atom stereocenters. The lowest BCUT2D eigenvalue weighted by atomic mass is 10.3. The smallest absolute Gasteiger partial charge is 0.197 e. The van der Waals surface area contributed by atoms with Gasteiger partial charge in [0.1, 0.15) is 11.4 Å². The van der Waals surface area contributed by atoms with Crippen molar-refractivity contribution < 1.29 is 0 Å². The Morgan fingerprint density at radius 1 is 1.41 bits per heavy atom. The molecule has 0 unspecified atom stereocenters. The average Bonchev–Trinajstić information content (AvgIpc) is 2.78. The number of hydrogen-bond acceptors (Lipinski definition) is 5. The molecule has 7 heteroatoms. The molecule has 0 aromatic carbocycles. The molecule has 6 nitrogen and oxygen atoms in total. The van der Waals surface area contributed by atoms with Gasteiger partial charge in [0.25, 0.3) is 0 Å². The molecule has 2 rings (SSSR count). The molecule has 2 heterocycles. The van der Waals surface area contributed by atoms with Crippen LogP contribution in [0.2, 0.25) is 0 Å². The average molecular weight is 252 g/mol. The van der Waals surface area contributed by atoms with Crippen LogP contribution in [0.15, 0.2) is 16.5 Å². The maximum absolute atomic E-state index is 4.44. The molecule has 0 fully saturated rings. The number of nitrogens with one attached hydrogen (secondary N) is 1. The summed E-state index contributed by atoms with van der Waals surface area (Å²) in [4.78, 5) is 0. The van der Waals surface area contributed by atoms with Crippen LogP contribution in [0.4, 0.5) is 0 Å². The van der Waals surface area contributed by atoms with E-state index in [0.717, 1.165) is 22.4 Å². The molecule has 0 amide bonds. The van der Waals surface area contributed by atoms with Gasteiger partial charge in [-0.25, -0.2) is 0 Å². The van der Waals surface area contributed by atoms with Crippen molar-refractivity contribution >= 4 is 11.8 Å². The zero-order valence-corrected chi connectivity index (χ0v) is 11.2. The van der Waals surface area contributed by atoms with E-state index in [2.05, 4.69) is 20.6 Å². The minimum absolute atomic E-state index is 0.805. The second-order valence-electron chi connectivity index (χ2n) is 3.85. The summed E-state index contributed by atoms with van der Waals surface area (Å²) in [6.45, 7) is 2.83. The van der Waals surface area contributed by atoms with Gasteiger partial charge >= 0.3 is 0 Å². The predicted molar refractivity (Wildman–Crippen MR) is 65.8 cm³/mol. The molecule has 2 aromatic rings. The molecule has 0 saturated carbocycles. The highest BCUT2D eigenvalue weighted by Crippen LogP contribution is 2.29. The van der Waals surface area contributed by atoms with Crippen molar-refractivity contribution in [1.29, 1.82) is 0 Å². The third-order valence-electron chi connectivity index (χ3n) is 2.50. The quantitative estimate of drug-likeness (QED) is 0.869. The second-order valence-corrected chi connectivity index (χ2v) is 4.81. The largest absolute Gasteiger partial charge is 0.316 e. The minimum atomic E-state index is 0.805. The van der Waals surface area contributed by atoms with Crippen molar-refractivity contribution in [2.24, 2.45) is 14.1 Å². The van der Waals surface area contributed by atoms with Crippen molar-refractivity contribution in [2.75, 3.05) is 7.05 Å². The molecular formula is C10H16N6S. The molecule has 0 aliphatic carbocycles. The van der Waals surface area contributed by atoms with E-state index in [-0.39, 0.29) is 0 Å². The van der Waals surface area contributed by atoms with Crippen molar-refractivity contribution in [3.63, 3.8) is 0 Å². The normalized spacial score (nSPS) is 11.1. The van der Waals surface area contributed by atoms with Crippen molar-refractivity contribution in [1.82, 2.24) is 29.9 Å². The van der Waals surface area contributed by atoms with E-state index in [4.69, 9.17) is 0 Å². The molecule has 0 radical (unpaired) electrons. The Labute approximate surface area is 104 Å². The first-order chi connectivity index (χ1) is 8.13. The van der Waals surface area contributed by atoms with Crippen LogP contribution in [0.5, 0.6) is 0 Å². The summed E-state index contributed by atoms with van der Waals surface area (Å²) >= 11 is 1.58. The molecule has 1 N–H and O–H groups in total. The van der Waals surface area contributed by atoms with E-state index in [1.54, 1.807) is 18.1 Å². The number of aromatic nitrogens is 5. The van der Waals surface area contributed by atoms with Gasteiger partial charge in [-0.3, -0.25) is 4.68 Å². The van der Waals surface area contributed by atoms with E-state index < -0.39 is 0 Å². The van der Waals surface area contributed by atoms with E-state index in [1.807, 2.05) is 37.3 Å². The molecule has 0 aliphatic heterocycles. The van der Waals surface area contributed by atoms with Gasteiger partial charge in [0.15, 0.2) is 5.16 Å². The van der Waals surface area contributed by atoms with Crippen molar-refractivity contribution in [3.8, 4) is 0 Å². The first-order valence-corrected chi connectivity index (χ1v) is 6.14. The Hall–Kier alpha value is -1.34. The second kappa shape index (κ2) is 4.89. The lowest BCUT2D eigenvalue weighted by molar-refractivity contribution is 0.679. The maximum atomic E-state index is 4.44. The minimum Gasteiger partial charge on any atom is -0.316 e.